The highest BCUT2D eigenvalue weighted by Crippen LogP contribution is 2.43. The first-order valence-corrected chi connectivity index (χ1v) is 9.16. The van der Waals surface area contributed by atoms with E-state index in [-0.39, 0.29) is 22.6 Å². The molecule has 0 heterocycles. The van der Waals surface area contributed by atoms with Gasteiger partial charge in [-0.25, -0.2) is 0 Å². The number of carbonyl (C=O) groups excluding carboxylic acids is 3. The Kier molecular flexibility index (Phi) is 4.82. The molecule has 0 aliphatic heterocycles. The van der Waals surface area contributed by atoms with Gasteiger partial charge >= 0.3 is 0 Å². The van der Waals surface area contributed by atoms with Crippen molar-refractivity contribution in [3.8, 4) is 17.2 Å². The maximum Gasteiger partial charge on any atom is 0.281 e. The number of nitro groups is 1. The summed E-state index contributed by atoms with van der Waals surface area (Å²) < 4.78 is 5.15. The second-order valence-corrected chi connectivity index (χ2v) is 6.81. The van der Waals surface area contributed by atoms with E-state index in [1.165, 1.54) is 19.2 Å². The Labute approximate surface area is 179 Å². The predicted molar refractivity (Wildman–Crippen MR) is 111 cm³/mol. The number of methoxy groups -OCH3 is 1. The van der Waals surface area contributed by atoms with Crippen LogP contribution in [0.25, 0.3) is 0 Å². The van der Waals surface area contributed by atoms with Crippen molar-refractivity contribution in [2.75, 3.05) is 12.4 Å². The van der Waals surface area contributed by atoms with Crippen molar-refractivity contribution in [2.24, 2.45) is 0 Å². The number of hydrogen-bond donors (Lipinski definition) is 3. The van der Waals surface area contributed by atoms with Gasteiger partial charge in [0.15, 0.2) is 0 Å². The zero-order valence-corrected chi connectivity index (χ0v) is 16.4. The molecule has 0 aromatic heterocycles. The largest absolute Gasteiger partial charge is 0.507 e. The van der Waals surface area contributed by atoms with E-state index >= 15 is 0 Å². The van der Waals surface area contributed by atoms with Crippen LogP contribution in [0.5, 0.6) is 17.2 Å². The molecule has 160 valence electrons. The van der Waals surface area contributed by atoms with Crippen molar-refractivity contribution in [3.05, 3.63) is 86.5 Å². The van der Waals surface area contributed by atoms with Crippen LogP contribution in [0.4, 0.5) is 11.4 Å². The lowest BCUT2D eigenvalue weighted by molar-refractivity contribution is -0.385. The quantitative estimate of drug-likeness (QED) is 0.251. The van der Waals surface area contributed by atoms with Gasteiger partial charge in [-0.3, -0.25) is 24.5 Å². The van der Waals surface area contributed by atoms with E-state index < -0.39 is 56.3 Å². The summed E-state index contributed by atoms with van der Waals surface area (Å²) >= 11 is 0. The second-order valence-electron chi connectivity index (χ2n) is 6.81. The van der Waals surface area contributed by atoms with Crippen LogP contribution in [0, 0.1) is 10.1 Å². The number of hydrogen-bond acceptors (Lipinski definition) is 8. The Morgan fingerprint density at radius 3 is 2.16 bits per heavy atom. The first-order valence-electron chi connectivity index (χ1n) is 9.16. The van der Waals surface area contributed by atoms with E-state index in [0.29, 0.717) is 0 Å². The molecule has 10 heteroatoms. The number of phenolic OH excluding ortho intramolecular Hbond substituents is 2. The standard InChI is InChI=1S/C22H14N2O8/c1-32-15-5-3-2-4-10(15)22(29)23-11-6-8-13(25)18-16(11)20(27)19-14(26)9-7-12(24(30)31)17(19)21(18)28/h2-9,25-26H,1H3,(H,23,29). The number of carbonyl (C=O) groups is 3. The summed E-state index contributed by atoms with van der Waals surface area (Å²) in [6.07, 6.45) is 0. The van der Waals surface area contributed by atoms with Gasteiger partial charge in [-0.2, -0.15) is 0 Å². The number of anilines is 1. The van der Waals surface area contributed by atoms with Crippen LogP contribution in [0.1, 0.15) is 42.2 Å². The zero-order chi connectivity index (χ0) is 23.2. The molecule has 3 aromatic carbocycles. The Balaban J connectivity index is 1.89. The number of ether oxygens (including phenoxy) is 1. The number of fused-ring (bicyclic) bond motifs is 2. The molecule has 0 atom stereocenters. The van der Waals surface area contributed by atoms with Crippen molar-refractivity contribution >= 4 is 28.8 Å². The van der Waals surface area contributed by atoms with Gasteiger partial charge in [0.05, 0.1) is 40.0 Å². The minimum absolute atomic E-state index is 0.122. The Hall–Kier alpha value is -4.73. The van der Waals surface area contributed by atoms with Crippen molar-refractivity contribution < 1.29 is 34.3 Å². The molecular formula is C22H14N2O8. The number of nitrogens with one attached hydrogen (secondary N) is 1. The predicted octanol–water partition coefficient (Wildman–Crippen LogP) is 3.04. The normalized spacial score (nSPS) is 12.0. The number of aromatic hydroxyl groups is 2. The molecule has 0 radical (unpaired) electrons. The number of nitrogens with zero attached hydrogens (tertiary/aromatic N) is 1. The number of rotatable bonds is 4. The molecule has 0 bridgehead atoms. The number of nitro benzene ring substituents is 1. The van der Waals surface area contributed by atoms with Crippen molar-refractivity contribution in [1.82, 2.24) is 0 Å². The van der Waals surface area contributed by atoms with E-state index in [4.69, 9.17) is 4.74 Å². The van der Waals surface area contributed by atoms with Crippen LogP contribution in [0.3, 0.4) is 0 Å². The highest BCUT2D eigenvalue weighted by Gasteiger charge is 2.41. The molecule has 10 nitrogen and oxygen atoms in total. The van der Waals surface area contributed by atoms with Crippen LogP contribution < -0.4 is 10.1 Å². The van der Waals surface area contributed by atoms with E-state index in [1.54, 1.807) is 18.2 Å². The highest BCUT2D eigenvalue weighted by molar-refractivity contribution is 6.33. The summed E-state index contributed by atoms with van der Waals surface area (Å²) in [7, 11) is 1.38. The van der Waals surface area contributed by atoms with Gasteiger partial charge in [-0.1, -0.05) is 12.1 Å². The fourth-order valence-corrected chi connectivity index (χ4v) is 3.63. The SMILES string of the molecule is COc1ccccc1C(=O)Nc1ccc(O)c2c1C(=O)c1c(O)ccc([N+](=O)[O-])c1C2=O. The summed E-state index contributed by atoms with van der Waals surface area (Å²) in [4.78, 5) is 49.7. The zero-order valence-electron chi connectivity index (χ0n) is 16.4. The Bertz CT molecular complexity index is 1350. The van der Waals surface area contributed by atoms with Crippen LogP contribution in [0.2, 0.25) is 0 Å². The van der Waals surface area contributed by atoms with E-state index in [0.717, 1.165) is 18.2 Å². The summed E-state index contributed by atoms with van der Waals surface area (Å²) in [6.45, 7) is 0. The minimum atomic E-state index is -1.02. The van der Waals surface area contributed by atoms with Gasteiger partial charge < -0.3 is 20.3 Å². The van der Waals surface area contributed by atoms with Crippen molar-refractivity contribution in [3.63, 3.8) is 0 Å². The van der Waals surface area contributed by atoms with Gasteiger partial charge in [0.2, 0.25) is 11.6 Å². The highest BCUT2D eigenvalue weighted by atomic mass is 16.6. The average Bonchev–Trinajstić information content (AvgIpc) is 2.77. The third kappa shape index (κ3) is 3.01. The molecule has 32 heavy (non-hydrogen) atoms. The lowest BCUT2D eigenvalue weighted by Gasteiger charge is -2.22. The lowest BCUT2D eigenvalue weighted by atomic mass is 9.81. The van der Waals surface area contributed by atoms with Crippen LogP contribution in [0.15, 0.2) is 48.5 Å². The van der Waals surface area contributed by atoms with E-state index in [2.05, 4.69) is 5.32 Å². The van der Waals surface area contributed by atoms with Crippen LogP contribution in [-0.4, -0.2) is 39.7 Å². The number of benzene rings is 3. The fraction of sp³-hybridized carbons (Fsp3) is 0.0455. The molecule has 0 unspecified atom stereocenters. The topological polar surface area (TPSA) is 156 Å². The lowest BCUT2D eigenvalue weighted by Crippen LogP contribution is -2.25. The molecule has 1 aliphatic carbocycles. The summed E-state index contributed by atoms with van der Waals surface area (Å²) in [5.74, 6) is -3.62. The maximum atomic E-state index is 13.2. The molecular weight excluding hydrogens is 420 g/mol. The maximum absolute atomic E-state index is 13.2. The van der Waals surface area contributed by atoms with Gasteiger partial charge in [0.25, 0.3) is 11.6 Å². The number of amides is 1. The molecule has 0 fully saturated rings. The monoisotopic (exact) mass is 434 g/mol. The molecule has 1 aliphatic rings. The molecule has 0 saturated heterocycles. The van der Waals surface area contributed by atoms with Crippen LogP contribution >= 0.6 is 0 Å². The second kappa shape index (κ2) is 7.51. The third-order valence-electron chi connectivity index (χ3n) is 5.05. The van der Waals surface area contributed by atoms with Gasteiger partial charge in [-0.15, -0.1) is 0 Å². The van der Waals surface area contributed by atoms with Gasteiger partial charge in [0, 0.05) is 6.07 Å². The number of phenols is 2. The molecule has 4 rings (SSSR count). The Morgan fingerprint density at radius 2 is 1.50 bits per heavy atom. The Morgan fingerprint density at radius 1 is 0.906 bits per heavy atom. The summed E-state index contributed by atoms with van der Waals surface area (Å²) in [5, 5.41) is 34.4. The van der Waals surface area contributed by atoms with Crippen molar-refractivity contribution in [2.45, 2.75) is 0 Å². The first-order chi connectivity index (χ1) is 15.3. The van der Waals surface area contributed by atoms with Gasteiger partial charge in [-0.05, 0) is 30.3 Å². The first kappa shape index (κ1) is 20.5. The summed E-state index contributed by atoms with van der Waals surface area (Å²) in [5.41, 5.74) is -2.76. The smallest absolute Gasteiger partial charge is 0.281 e. The number of ketones is 2. The van der Waals surface area contributed by atoms with Crippen molar-refractivity contribution in [1.29, 1.82) is 0 Å². The molecule has 0 spiro atoms. The fourth-order valence-electron chi connectivity index (χ4n) is 3.63. The average molecular weight is 434 g/mol. The van der Waals surface area contributed by atoms with E-state index in [1.807, 2.05) is 0 Å². The van der Waals surface area contributed by atoms with Crippen LogP contribution in [-0.2, 0) is 0 Å². The van der Waals surface area contributed by atoms with Gasteiger partial charge in [0.1, 0.15) is 22.8 Å². The third-order valence-corrected chi connectivity index (χ3v) is 5.05. The molecule has 3 N–H and O–H groups in total. The summed E-state index contributed by atoms with van der Waals surface area (Å²) in [6, 6.07) is 10.4. The minimum Gasteiger partial charge on any atom is -0.507 e. The molecule has 1 amide bonds. The number of para-hydroxylation sites is 1. The molecule has 3 aromatic rings. The van der Waals surface area contributed by atoms with E-state index in [9.17, 15) is 34.7 Å². The molecule has 0 saturated carbocycles.